The second-order valence-electron chi connectivity index (χ2n) is 5.02. The number of nitrogens with one attached hydrogen (secondary N) is 1. The molecule has 0 unspecified atom stereocenters. The summed E-state index contributed by atoms with van der Waals surface area (Å²) in [5.41, 5.74) is 12.9. The zero-order valence-corrected chi connectivity index (χ0v) is 10.6. The van der Waals surface area contributed by atoms with Crippen LogP contribution in [0.25, 0.3) is 0 Å². The van der Waals surface area contributed by atoms with E-state index < -0.39 is 5.91 Å². The molecule has 98 valence electrons. The highest BCUT2D eigenvalue weighted by molar-refractivity contribution is 6.00. The van der Waals surface area contributed by atoms with Crippen LogP contribution in [-0.4, -0.2) is 12.5 Å². The molecule has 5 N–H and O–H groups in total. The molecule has 1 saturated carbocycles. The van der Waals surface area contributed by atoms with E-state index in [0.717, 1.165) is 18.2 Å². The Morgan fingerprint density at radius 2 is 2.00 bits per heavy atom. The van der Waals surface area contributed by atoms with Crippen LogP contribution in [0.15, 0.2) is 18.2 Å². The van der Waals surface area contributed by atoms with E-state index in [1.54, 1.807) is 12.1 Å². The largest absolute Gasteiger partial charge is 0.396 e. The molecule has 0 atom stereocenters. The number of anilines is 2. The van der Waals surface area contributed by atoms with Crippen molar-refractivity contribution in [2.24, 2.45) is 11.7 Å². The van der Waals surface area contributed by atoms with Gasteiger partial charge >= 0.3 is 0 Å². The molecule has 0 aliphatic heterocycles. The zero-order chi connectivity index (χ0) is 13.0. The summed E-state index contributed by atoms with van der Waals surface area (Å²) >= 11 is 0. The summed E-state index contributed by atoms with van der Waals surface area (Å²) in [6.07, 6.45) is 6.56. The fraction of sp³-hybridized carbons (Fsp3) is 0.500. The maximum Gasteiger partial charge on any atom is 0.250 e. The van der Waals surface area contributed by atoms with Crippen LogP contribution < -0.4 is 16.8 Å². The molecule has 1 fully saturated rings. The summed E-state index contributed by atoms with van der Waals surface area (Å²) in [5, 5.41) is 3.35. The van der Waals surface area contributed by atoms with Crippen LogP contribution in [0.1, 0.15) is 42.5 Å². The Kier molecular flexibility index (Phi) is 4.07. The number of rotatable bonds is 4. The Morgan fingerprint density at radius 3 is 2.67 bits per heavy atom. The van der Waals surface area contributed by atoms with E-state index in [-0.39, 0.29) is 0 Å². The second kappa shape index (κ2) is 5.76. The fourth-order valence-electron chi connectivity index (χ4n) is 2.58. The molecule has 0 aromatic heterocycles. The average molecular weight is 247 g/mol. The van der Waals surface area contributed by atoms with Crippen LogP contribution in [0.2, 0.25) is 0 Å². The fourth-order valence-corrected chi connectivity index (χ4v) is 2.58. The van der Waals surface area contributed by atoms with Crippen LogP contribution in [0.3, 0.4) is 0 Å². The molecular weight excluding hydrogens is 226 g/mol. The van der Waals surface area contributed by atoms with Crippen molar-refractivity contribution in [1.29, 1.82) is 0 Å². The number of hydrogen-bond acceptors (Lipinski definition) is 3. The number of para-hydroxylation sites is 1. The third-order valence-electron chi connectivity index (χ3n) is 3.68. The number of nitrogens with two attached hydrogens (primary N) is 2. The SMILES string of the molecule is NC(=O)c1cccc(NCC2CCCCC2)c1N. The van der Waals surface area contributed by atoms with E-state index in [1.807, 2.05) is 6.07 Å². The molecule has 0 bridgehead atoms. The first-order chi connectivity index (χ1) is 8.68. The molecule has 4 nitrogen and oxygen atoms in total. The Bertz CT molecular complexity index is 425. The van der Waals surface area contributed by atoms with Gasteiger partial charge in [0, 0.05) is 6.54 Å². The Morgan fingerprint density at radius 1 is 1.28 bits per heavy atom. The Hall–Kier alpha value is -1.71. The summed E-state index contributed by atoms with van der Waals surface area (Å²) < 4.78 is 0. The van der Waals surface area contributed by atoms with Crippen molar-refractivity contribution >= 4 is 17.3 Å². The molecule has 0 spiro atoms. The summed E-state index contributed by atoms with van der Waals surface area (Å²) in [6.45, 7) is 0.923. The highest BCUT2D eigenvalue weighted by atomic mass is 16.1. The maximum absolute atomic E-state index is 11.2. The van der Waals surface area contributed by atoms with Crippen molar-refractivity contribution in [3.8, 4) is 0 Å². The zero-order valence-electron chi connectivity index (χ0n) is 10.6. The lowest BCUT2D eigenvalue weighted by atomic mass is 9.89. The quantitative estimate of drug-likeness (QED) is 0.714. The number of hydrogen-bond donors (Lipinski definition) is 3. The Labute approximate surface area is 108 Å². The van der Waals surface area contributed by atoms with Gasteiger partial charge in [0.05, 0.1) is 16.9 Å². The van der Waals surface area contributed by atoms with E-state index in [9.17, 15) is 4.79 Å². The first-order valence-corrected chi connectivity index (χ1v) is 6.60. The van der Waals surface area contributed by atoms with Crippen LogP contribution in [0.4, 0.5) is 11.4 Å². The maximum atomic E-state index is 11.2. The topological polar surface area (TPSA) is 81.1 Å². The van der Waals surface area contributed by atoms with Crippen LogP contribution in [-0.2, 0) is 0 Å². The minimum atomic E-state index is -0.478. The highest BCUT2D eigenvalue weighted by Gasteiger charge is 2.14. The lowest BCUT2D eigenvalue weighted by Crippen LogP contribution is -2.19. The van der Waals surface area contributed by atoms with E-state index in [1.165, 1.54) is 32.1 Å². The summed E-state index contributed by atoms with van der Waals surface area (Å²) in [4.78, 5) is 11.2. The van der Waals surface area contributed by atoms with Crippen LogP contribution >= 0.6 is 0 Å². The molecule has 0 heterocycles. The molecule has 1 aromatic carbocycles. The molecule has 0 radical (unpaired) electrons. The normalized spacial score (nSPS) is 16.4. The van der Waals surface area contributed by atoms with Crippen molar-refractivity contribution < 1.29 is 4.79 Å². The molecule has 2 rings (SSSR count). The summed E-state index contributed by atoms with van der Waals surface area (Å²) in [5.74, 6) is 0.240. The van der Waals surface area contributed by atoms with Gasteiger partial charge in [-0.15, -0.1) is 0 Å². The molecular formula is C14H21N3O. The van der Waals surface area contributed by atoms with Crippen molar-refractivity contribution in [3.63, 3.8) is 0 Å². The molecule has 0 saturated heterocycles. The second-order valence-corrected chi connectivity index (χ2v) is 5.02. The monoisotopic (exact) mass is 247 g/mol. The number of amides is 1. The number of benzene rings is 1. The number of nitrogen functional groups attached to an aromatic ring is 1. The van der Waals surface area contributed by atoms with Crippen molar-refractivity contribution in [3.05, 3.63) is 23.8 Å². The van der Waals surface area contributed by atoms with Gasteiger partial charge in [-0.05, 0) is 30.9 Å². The Balaban J connectivity index is 2.00. The van der Waals surface area contributed by atoms with Crippen LogP contribution in [0.5, 0.6) is 0 Å². The van der Waals surface area contributed by atoms with Crippen molar-refractivity contribution in [1.82, 2.24) is 0 Å². The number of carbonyl (C=O) groups excluding carboxylic acids is 1. The smallest absolute Gasteiger partial charge is 0.250 e. The van der Waals surface area contributed by atoms with Gasteiger partial charge in [-0.2, -0.15) is 0 Å². The molecule has 4 heteroatoms. The molecule has 1 aromatic rings. The molecule has 1 aliphatic carbocycles. The lowest BCUT2D eigenvalue weighted by Gasteiger charge is -2.23. The van der Waals surface area contributed by atoms with Gasteiger partial charge in [0.25, 0.3) is 5.91 Å². The summed E-state index contributed by atoms with van der Waals surface area (Å²) in [7, 11) is 0. The van der Waals surface area contributed by atoms with Gasteiger partial charge in [0.2, 0.25) is 0 Å². The minimum Gasteiger partial charge on any atom is -0.396 e. The summed E-state index contributed by atoms with van der Waals surface area (Å²) in [6, 6.07) is 5.35. The van der Waals surface area contributed by atoms with Gasteiger partial charge in [-0.3, -0.25) is 4.79 Å². The first-order valence-electron chi connectivity index (χ1n) is 6.60. The average Bonchev–Trinajstić information content (AvgIpc) is 2.38. The van der Waals surface area contributed by atoms with E-state index in [2.05, 4.69) is 5.32 Å². The predicted octanol–water partition coefficient (Wildman–Crippen LogP) is 2.36. The van der Waals surface area contributed by atoms with E-state index >= 15 is 0 Å². The number of carbonyl (C=O) groups is 1. The van der Waals surface area contributed by atoms with Gasteiger partial charge in [0.15, 0.2) is 0 Å². The standard InChI is InChI=1S/C14H21N3O/c15-13-11(14(16)18)7-4-8-12(13)17-9-10-5-2-1-3-6-10/h4,7-8,10,17H,1-3,5-6,9,15H2,(H2,16,18). The highest BCUT2D eigenvalue weighted by Crippen LogP contribution is 2.26. The molecule has 1 aliphatic rings. The van der Waals surface area contributed by atoms with Gasteiger partial charge in [0.1, 0.15) is 0 Å². The van der Waals surface area contributed by atoms with Gasteiger partial charge in [-0.1, -0.05) is 25.3 Å². The van der Waals surface area contributed by atoms with E-state index in [0.29, 0.717) is 11.3 Å². The van der Waals surface area contributed by atoms with Crippen molar-refractivity contribution in [2.75, 3.05) is 17.6 Å². The molecule has 1 amide bonds. The van der Waals surface area contributed by atoms with Gasteiger partial charge in [-0.25, -0.2) is 0 Å². The predicted molar refractivity (Wildman–Crippen MR) is 74.4 cm³/mol. The van der Waals surface area contributed by atoms with Crippen LogP contribution in [0, 0.1) is 5.92 Å². The first kappa shape index (κ1) is 12.7. The third kappa shape index (κ3) is 2.94. The van der Waals surface area contributed by atoms with Crippen molar-refractivity contribution in [2.45, 2.75) is 32.1 Å². The van der Waals surface area contributed by atoms with E-state index in [4.69, 9.17) is 11.5 Å². The molecule has 18 heavy (non-hydrogen) atoms. The third-order valence-corrected chi connectivity index (χ3v) is 3.68. The lowest BCUT2D eigenvalue weighted by molar-refractivity contribution is 0.100. The van der Waals surface area contributed by atoms with Gasteiger partial charge < -0.3 is 16.8 Å². The minimum absolute atomic E-state index is 0.392. The number of primary amides is 1.